The molecule has 1 saturated carbocycles. The molecular formula is C12H21N5. The molecule has 2 rings (SSSR count). The smallest absolute Gasteiger partial charge is 0.145 e. The highest BCUT2D eigenvalue weighted by molar-refractivity contribution is 5.47. The zero-order valence-electron chi connectivity index (χ0n) is 10.6. The minimum atomic E-state index is 0.464. The van der Waals surface area contributed by atoms with Gasteiger partial charge in [-0.15, -0.1) is 0 Å². The molecule has 1 fully saturated rings. The predicted octanol–water partition coefficient (Wildman–Crippen LogP) is 1.93. The van der Waals surface area contributed by atoms with Crippen molar-refractivity contribution in [3.8, 4) is 0 Å². The average molecular weight is 235 g/mol. The summed E-state index contributed by atoms with van der Waals surface area (Å²) < 4.78 is 0. The Morgan fingerprint density at radius 2 is 2.06 bits per heavy atom. The van der Waals surface area contributed by atoms with Crippen LogP contribution in [0.2, 0.25) is 0 Å². The van der Waals surface area contributed by atoms with E-state index >= 15 is 0 Å². The molecule has 1 aromatic heterocycles. The summed E-state index contributed by atoms with van der Waals surface area (Å²) in [5.74, 6) is 7.79. The molecule has 0 radical (unpaired) electrons. The molecule has 5 nitrogen and oxygen atoms in total. The fourth-order valence-electron chi connectivity index (χ4n) is 1.69. The molecule has 1 aliphatic rings. The third-order valence-electron chi connectivity index (χ3n) is 3.19. The highest BCUT2D eigenvalue weighted by Gasteiger charge is 2.36. The van der Waals surface area contributed by atoms with Crippen molar-refractivity contribution in [2.45, 2.75) is 39.5 Å². The Morgan fingerprint density at radius 1 is 1.35 bits per heavy atom. The summed E-state index contributed by atoms with van der Waals surface area (Å²) >= 11 is 0. The number of nitrogens with two attached hydrogens (primary N) is 1. The lowest BCUT2D eigenvalue weighted by molar-refractivity contribution is 0.609. The quantitative estimate of drug-likeness (QED) is 0.519. The maximum absolute atomic E-state index is 5.41. The van der Waals surface area contributed by atoms with Crippen LogP contribution in [0, 0.1) is 5.41 Å². The number of aryl methyl sites for hydroxylation is 1. The van der Waals surface area contributed by atoms with Crippen molar-refractivity contribution in [1.82, 2.24) is 9.97 Å². The van der Waals surface area contributed by atoms with E-state index in [1.165, 1.54) is 12.8 Å². The van der Waals surface area contributed by atoms with E-state index in [1.54, 1.807) is 0 Å². The molecule has 0 unspecified atom stereocenters. The molecule has 0 aliphatic heterocycles. The molecule has 17 heavy (non-hydrogen) atoms. The van der Waals surface area contributed by atoms with Crippen molar-refractivity contribution in [3.05, 3.63) is 11.9 Å². The van der Waals surface area contributed by atoms with Gasteiger partial charge in [0.2, 0.25) is 0 Å². The van der Waals surface area contributed by atoms with Gasteiger partial charge >= 0.3 is 0 Å². The summed E-state index contributed by atoms with van der Waals surface area (Å²) in [5.41, 5.74) is 3.05. The summed E-state index contributed by atoms with van der Waals surface area (Å²) in [4.78, 5) is 8.80. The van der Waals surface area contributed by atoms with Crippen LogP contribution in [0.3, 0.4) is 0 Å². The van der Waals surface area contributed by atoms with Gasteiger partial charge in [-0.1, -0.05) is 13.8 Å². The van der Waals surface area contributed by atoms with E-state index in [2.05, 4.69) is 34.6 Å². The minimum absolute atomic E-state index is 0.464. The molecule has 0 saturated heterocycles. The van der Waals surface area contributed by atoms with Gasteiger partial charge in [-0.3, -0.25) is 0 Å². The van der Waals surface area contributed by atoms with Crippen LogP contribution < -0.4 is 16.6 Å². The third-order valence-corrected chi connectivity index (χ3v) is 3.19. The van der Waals surface area contributed by atoms with Gasteiger partial charge in [-0.05, 0) is 24.7 Å². The molecule has 1 aliphatic carbocycles. The Labute approximate surface area is 102 Å². The molecule has 0 spiro atoms. The van der Waals surface area contributed by atoms with Crippen molar-refractivity contribution in [1.29, 1.82) is 0 Å². The number of rotatable bonds is 6. The fraction of sp³-hybridized carbons (Fsp3) is 0.667. The summed E-state index contributed by atoms with van der Waals surface area (Å²) in [6.07, 6.45) is 4.51. The summed E-state index contributed by atoms with van der Waals surface area (Å²) in [5, 5.41) is 3.37. The van der Waals surface area contributed by atoms with Gasteiger partial charge < -0.3 is 10.7 Å². The molecule has 4 N–H and O–H groups in total. The van der Waals surface area contributed by atoms with Gasteiger partial charge in [0, 0.05) is 19.0 Å². The van der Waals surface area contributed by atoms with Crippen molar-refractivity contribution >= 4 is 11.6 Å². The van der Waals surface area contributed by atoms with E-state index in [1.807, 2.05) is 6.07 Å². The fourth-order valence-corrected chi connectivity index (χ4v) is 1.69. The molecule has 1 aromatic rings. The van der Waals surface area contributed by atoms with Crippen molar-refractivity contribution in [2.24, 2.45) is 11.3 Å². The predicted molar refractivity (Wildman–Crippen MR) is 69.7 cm³/mol. The van der Waals surface area contributed by atoms with Crippen LogP contribution in [0.5, 0.6) is 0 Å². The van der Waals surface area contributed by atoms with Crippen molar-refractivity contribution < 1.29 is 0 Å². The normalized spacial score (nSPS) is 16.6. The minimum Gasteiger partial charge on any atom is -0.369 e. The monoisotopic (exact) mass is 235 g/mol. The maximum atomic E-state index is 5.41. The molecule has 1 heterocycles. The van der Waals surface area contributed by atoms with Crippen LogP contribution in [0.4, 0.5) is 11.6 Å². The molecule has 94 valence electrons. The molecule has 0 aromatic carbocycles. The number of hydrogen-bond donors (Lipinski definition) is 3. The summed E-state index contributed by atoms with van der Waals surface area (Å²) in [7, 11) is 0. The second-order valence-corrected chi connectivity index (χ2v) is 5.11. The molecule has 5 heteroatoms. The Bertz CT molecular complexity index is 386. The van der Waals surface area contributed by atoms with Crippen LogP contribution in [0.25, 0.3) is 0 Å². The highest BCUT2D eigenvalue weighted by atomic mass is 15.3. The Kier molecular flexibility index (Phi) is 3.47. The van der Waals surface area contributed by atoms with E-state index in [9.17, 15) is 0 Å². The molecular weight excluding hydrogens is 214 g/mol. The van der Waals surface area contributed by atoms with Crippen molar-refractivity contribution in [2.75, 3.05) is 17.3 Å². The Balaban J connectivity index is 2.05. The lowest BCUT2D eigenvalue weighted by atomic mass is 10.1. The van der Waals surface area contributed by atoms with Crippen LogP contribution >= 0.6 is 0 Å². The van der Waals surface area contributed by atoms with Gasteiger partial charge in [0.15, 0.2) is 0 Å². The number of hydrogen-bond acceptors (Lipinski definition) is 5. The zero-order valence-corrected chi connectivity index (χ0v) is 10.6. The second-order valence-electron chi connectivity index (χ2n) is 5.11. The average Bonchev–Trinajstić information content (AvgIpc) is 3.06. The van der Waals surface area contributed by atoms with Crippen LogP contribution in [0.15, 0.2) is 6.07 Å². The van der Waals surface area contributed by atoms with Gasteiger partial charge in [0.25, 0.3) is 0 Å². The zero-order chi connectivity index (χ0) is 12.3. The molecule has 0 atom stereocenters. The highest BCUT2D eigenvalue weighted by Crippen LogP contribution is 2.44. The van der Waals surface area contributed by atoms with Crippen molar-refractivity contribution in [3.63, 3.8) is 0 Å². The Morgan fingerprint density at radius 3 is 2.65 bits per heavy atom. The number of hydrazine groups is 1. The lowest BCUT2D eigenvalue weighted by Gasteiger charge is -2.12. The van der Waals surface area contributed by atoms with E-state index in [-0.39, 0.29) is 0 Å². The number of nitrogens with zero attached hydrogens (tertiary/aromatic N) is 2. The number of aromatic nitrogens is 2. The third kappa shape index (κ3) is 3.30. The van der Waals surface area contributed by atoms with E-state index in [0.29, 0.717) is 11.2 Å². The molecule has 0 bridgehead atoms. The van der Waals surface area contributed by atoms with Gasteiger partial charge in [0.05, 0.1) is 0 Å². The number of nitrogen functional groups attached to an aromatic ring is 1. The summed E-state index contributed by atoms with van der Waals surface area (Å²) in [6, 6.07) is 1.85. The standard InChI is InChI=1S/C12H21N5/c1-3-4-9-15-10(7-11(16-9)17-13)14-8-12(2)5-6-12/h7H,3-6,8,13H2,1-2H3,(H2,14,15,16,17). The van der Waals surface area contributed by atoms with Crippen LogP contribution in [-0.4, -0.2) is 16.5 Å². The van der Waals surface area contributed by atoms with Crippen LogP contribution in [0.1, 0.15) is 38.9 Å². The van der Waals surface area contributed by atoms with Gasteiger partial charge in [-0.2, -0.15) is 0 Å². The second kappa shape index (κ2) is 4.87. The van der Waals surface area contributed by atoms with E-state index in [0.717, 1.165) is 31.0 Å². The number of anilines is 2. The first-order valence-electron chi connectivity index (χ1n) is 6.24. The van der Waals surface area contributed by atoms with Gasteiger partial charge in [0.1, 0.15) is 17.5 Å². The van der Waals surface area contributed by atoms with Crippen LogP contribution in [-0.2, 0) is 6.42 Å². The first-order chi connectivity index (χ1) is 8.15. The molecule has 0 amide bonds. The maximum Gasteiger partial charge on any atom is 0.145 e. The number of nitrogens with one attached hydrogen (secondary N) is 2. The van der Waals surface area contributed by atoms with E-state index in [4.69, 9.17) is 5.84 Å². The lowest BCUT2D eigenvalue weighted by Crippen LogP contribution is -2.15. The first-order valence-corrected chi connectivity index (χ1v) is 6.24. The largest absolute Gasteiger partial charge is 0.369 e. The topological polar surface area (TPSA) is 75.9 Å². The Hall–Kier alpha value is -1.36. The SMILES string of the molecule is CCCc1nc(NN)cc(NCC2(C)CC2)n1. The van der Waals surface area contributed by atoms with Gasteiger partial charge in [-0.25, -0.2) is 15.8 Å². The first kappa shape index (κ1) is 12.1. The van der Waals surface area contributed by atoms with E-state index < -0.39 is 0 Å². The summed E-state index contributed by atoms with van der Waals surface area (Å²) in [6.45, 7) is 5.38.